The Morgan fingerprint density at radius 3 is 2.43 bits per heavy atom. The number of hydrogen-bond donors (Lipinski definition) is 2. The van der Waals surface area contributed by atoms with Gasteiger partial charge in [-0.15, -0.1) is 0 Å². The van der Waals surface area contributed by atoms with Gasteiger partial charge in [0, 0.05) is 17.7 Å². The molecule has 0 unspecified atom stereocenters. The molecule has 0 atom stereocenters. The fourth-order valence-electron chi connectivity index (χ4n) is 1.72. The third kappa shape index (κ3) is 4.86. The lowest BCUT2D eigenvalue weighted by Crippen LogP contribution is -2.28. The Kier molecular flexibility index (Phi) is 5.45. The van der Waals surface area contributed by atoms with E-state index >= 15 is 0 Å². The Labute approximate surface area is 131 Å². The normalized spacial score (nSPS) is 11.6. The van der Waals surface area contributed by atoms with Crippen molar-refractivity contribution in [2.45, 2.75) is 17.9 Å². The number of carbonyl (C=O) groups excluding carboxylic acids is 1. The summed E-state index contributed by atoms with van der Waals surface area (Å²) in [5, 5.41) is 2.64. The molecule has 0 saturated heterocycles. The van der Waals surface area contributed by atoms with Crippen LogP contribution in [0.3, 0.4) is 0 Å². The Balaban J connectivity index is 1.99. The molecule has 0 aliphatic heterocycles. The Hall–Kier alpha value is -2.26. The lowest BCUT2D eigenvalue weighted by atomic mass is 10.2. The van der Waals surface area contributed by atoms with Crippen molar-refractivity contribution in [3.63, 3.8) is 0 Å². The first kappa shape index (κ1) is 17.1. The monoisotopic (exact) mass is 344 g/mol. The van der Waals surface area contributed by atoms with Crippen molar-refractivity contribution in [1.82, 2.24) is 10.0 Å². The van der Waals surface area contributed by atoms with Crippen LogP contribution in [-0.4, -0.2) is 27.3 Å². The summed E-state index contributed by atoms with van der Waals surface area (Å²) in [5.74, 6) is -0.393. The summed E-state index contributed by atoms with van der Waals surface area (Å²) in [5.41, 5.74) is 1.04. The molecule has 1 aromatic heterocycles. The minimum Gasteiger partial charge on any atom is -0.472 e. The first-order valence-corrected chi connectivity index (χ1v) is 8.04. The third-order valence-electron chi connectivity index (χ3n) is 2.89. The van der Waals surface area contributed by atoms with Crippen molar-refractivity contribution < 1.29 is 26.4 Å². The van der Waals surface area contributed by atoms with Crippen LogP contribution in [0.5, 0.6) is 0 Å². The maximum atomic E-state index is 12.1. The molecule has 1 heterocycles. The summed E-state index contributed by atoms with van der Waals surface area (Å²) < 4.78 is 54.3. The Bertz CT molecular complexity index is 744. The minimum atomic E-state index is -4.02. The second kappa shape index (κ2) is 7.34. The first-order chi connectivity index (χ1) is 10.9. The van der Waals surface area contributed by atoms with Gasteiger partial charge in [0.1, 0.15) is 0 Å². The van der Waals surface area contributed by atoms with Crippen LogP contribution in [0.4, 0.5) is 8.78 Å². The summed E-state index contributed by atoms with van der Waals surface area (Å²) in [6, 6.07) is 6.68. The number of carbonyl (C=O) groups is 1. The van der Waals surface area contributed by atoms with E-state index < -0.39 is 28.9 Å². The molecule has 0 bridgehead atoms. The van der Waals surface area contributed by atoms with Gasteiger partial charge in [-0.05, 0) is 30.3 Å². The summed E-state index contributed by atoms with van der Waals surface area (Å²) in [6.45, 7) is -0.694. The molecule has 2 rings (SSSR count). The molecule has 9 heteroatoms. The van der Waals surface area contributed by atoms with Crippen molar-refractivity contribution >= 4 is 15.9 Å². The van der Waals surface area contributed by atoms with Gasteiger partial charge in [0.25, 0.3) is 12.3 Å². The summed E-state index contributed by atoms with van der Waals surface area (Å²) in [4.78, 5) is 11.7. The Morgan fingerprint density at radius 2 is 1.87 bits per heavy atom. The number of furan rings is 1. The van der Waals surface area contributed by atoms with E-state index in [4.69, 9.17) is 4.42 Å². The first-order valence-electron chi connectivity index (χ1n) is 6.55. The van der Waals surface area contributed by atoms with Gasteiger partial charge in [-0.3, -0.25) is 4.79 Å². The van der Waals surface area contributed by atoms with Gasteiger partial charge in [-0.25, -0.2) is 21.9 Å². The average molecular weight is 344 g/mol. The number of rotatable bonds is 7. The van der Waals surface area contributed by atoms with Crippen LogP contribution in [-0.2, 0) is 16.6 Å². The van der Waals surface area contributed by atoms with Crippen LogP contribution in [0.25, 0.3) is 0 Å². The molecule has 2 aromatic rings. The van der Waals surface area contributed by atoms with Gasteiger partial charge >= 0.3 is 0 Å². The number of sulfonamides is 1. The van der Waals surface area contributed by atoms with Crippen LogP contribution < -0.4 is 10.0 Å². The van der Waals surface area contributed by atoms with Crippen molar-refractivity contribution in [3.05, 3.63) is 54.0 Å². The van der Waals surface area contributed by atoms with E-state index in [9.17, 15) is 22.0 Å². The van der Waals surface area contributed by atoms with E-state index in [1.165, 1.54) is 36.8 Å². The average Bonchev–Trinajstić information content (AvgIpc) is 3.04. The highest BCUT2D eigenvalue weighted by molar-refractivity contribution is 7.89. The van der Waals surface area contributed by atoms with Gasteiger partial charge < -0.3 is 9.73 Å². The highest BCUT2D eigenvalue weighted by Crippen LogP contribution is 2.11. The number of benzene rings is 1. The fourth-order valence-corrected chi connectivity index (χ4v) is 2.73. The molecule has 0 aliphatic carbocycles. The number of amides is 1. The molecule has 0 spiro atoms. The predicted octanol–water partition coefficient (Wildman–Crippen LogP) is 1.75. The largest absolute Gasteiger partial charge is 0.472 e. The lowest BCUT2D eigenvalue weighted by Gasteiger charge is -2.07. The molecule has 124 valence electrons. The highest BCUT2D eigenvalue weighted by Gasteiger charge is 2.16. The van der Waals surface area contributed by atoms with Crippen LogP contribution in [0.2, 0.25) is 0 Å². The maximum Gasteiger partial charge on any atom is 0.251 e. The predicted molar refractivity (Wildman–Crippen MR) is 77.5 cm³/mol. The smallest absolute Gasteiger partial charge is 0.251 e. The molecule has 1 aromatic carbocycles. The zero-order valence-electron chi connectivity index (χ0n) is 11.8. The zero-order chi connectivity index (χ0) is 16.9. The van der Waals surface area contributed by atoms with Gasteiger partial charge in [-0.1, -0.05) is 0 Å². The topological polar surface area (TPSA) is 88.4 Å². The molecule has 0 aliphatic rings. The van der Waals surface area contributed by atoms with Crippen molar-refractivity contribution in [1.29, 1.82) is 0 Å². The third-order valence-corrected chi connectivity index (χ3v) is 4.33. The SMILES string of the molecule is O=C(NCc1ccoc1)c1ccc(S(=O)(=O)NCC(F)F)cc1. The van der Waals surface area contributed by atoms with Gasteiger partial charge in [0.2, 0.25) is 10.0 Å². The molecule has 0 saturated carbocycles. The van der Waals surface area contributed by atoms with E-state index in [1.807, 2.05) is 0 Å². The zero-order valence-corrected chi connectivity index (χ0v) is 12.6. The summed E-state index contributed by atoms with van der Waals surface area (Å²) >= 11 is 0. The van der Waals surface area contributed by atoms with E-state index in [-0.39, 0.29) is 17.0 Å². The standard InChI is InChI=1S/C14H14F2N2O4S/c15-13(16)8-18-23(20,21)12-3-1-11(2-4-12)14(19)17-7-10-5-6-22-9-10/h1-6,9,13,18H,7-8H2,(H,17,19). The molecule has 0 fully saturated rings. The molecule has 2 N–H and O–H groups in total. The summed E-state index contributed by atoms with van der Waals surface area (Å²) in [7, 11) is -4.02. The minimum absolute atomic E-state index is 0.190. The molecule has 0 radical (unpaired) electrons. The van der Waals surface area contributed by atoms with Gasteiger partial charge in [-0.2, -0.15) is 0 Å². The number of alkyl halides is 2. The van der Waals surface area contributed by atoms with Crippen LogP contribution in [0.15, 0.2) is 52.2 Å². The quantitative estimate of drug-likeness (QED) is 0.801. The molecule has 1 amide bonds. The highest BCUT2D eigenvalue weighted by atomic mass is 32.2. The maximum absolute atomic E-state index is 12.1. The van der Waals surface area contributed by atoms with Crippen molar-refractivity contribution in [2.75, 3.05) is 6.54 Å². The van der Waals surface area contributed by atoms with Gasteiger partial charge in [0.05, 0.1) is 24.0 Å². The molecular weight excluding hydrogens is 330 g/mol. The second-order valence-corrected chi connectivity index (χ2v) is 6.35. The van der Waals surface area contributed by atoms with Crippen molar-refractivity contribution in [3.8, 4) is 0 Å². The summed E-state index contributed by atoms with van der Waals surface area (Å²) in [6.07, 6.45) is 0.191. The molecule has 23 heavy (non-hydrogen) atoms. The van der Waals surface area contributed by atoms with Crippen LogP contribution >= 0.6 is 0 Å². The van der Waals surface area contributed by atoms with Crippen molar-refractivity contribution in [2.24, 2.45) is 0 Å². The second-order valence-electron chi connectivity index (χ2n) is 4.58. The lowest BCUT2D eigenvalue weighted by molar-refractivity contribution is 0.0950. The number of halogens is 2. The molecule has 6 nitrogen and oxygen atoms in total. The number of nitrogens with one attached hydrogen (secondary N) is 2. The van der Waals surface area contributed by atoms with E-state index in [1.54, 1.807) is 10.8 Å². The van der Waals surface area contributed by atoms with E-state index in [0.717, 1.165) is 5.56 Å². The fraction of sp³-hybridized carbons (Fsp3) is 0.214. The molecular formula is C14H14F2N2O4S. The Morgan fingerprint density at radius 1 is 1.17 bits per heavy atom. The van der Waals surface area contributed by atoms with Crippen LogP contribution in [0, 0.1) is 0 Å². The number of hydrogen-bond acceptors (Lipinski definition) is 4. The van der Waals surface area contributed by atoms with Crippen LogP contribution in [0.1, 0.15) is 15.9 Å². The van der Waals surface area contributed by atoms with E-state index in [0.29, 0.717) is 0 Å². The van der Waals surface area contributed by atoms with E-state index in [2.05, 4.69) is 5.32 Å². The van der Waals surface area contributed by atoms with Gasteiger partial charge in [0.15, 0.2) is 0 Å².